The van der Waals surface area contributed by atoms with E-state index in [9.17, 15) is 9.59 Å². The van der Waals surface area contributed by atoms with E-state index in [1.165, 1.54) is 11.3 Å². The van der Waals surface area contributed by atoms with Gasteiger partial charge in [0.1, 0.15) is 10.7 Å². The van der Waals surface area contributed by atoms with Gasteiger partial charge in [-0.15, -0.1) is 11.3 Å². The molecule has 6 heteroatoms. The molecule has 2 aromatic heterocycles. The molecule has 3 heterocycles. The number of fused-ring (bicyclic) bond motifs is 2. The lowest BCUT2D eigenvalue weighted by atomic mass is 10.1. The Kier molecular flexibility index (Phi) is 4.14. The van der Waals surface area contributed by atoms with Crippen molar-refractivity contribution in [1.82, 2.24) is 9.55 Å². The van der Waals surface area contributed by atoms with Crippen molar-refractivity contribution >= 4 is 39.2 Å². The minimum atomic E-state index is -0.946. The molecule has 0 spiro atoms. The van der Waals surface area contributed by atoms with Crippen molar-refractivity contribution in [2.24, 2.45) is 0 Å². The minimum Gasteiger partial charge on any atom is -0.478 e. The number of aromatic carboxylic acids is 1. The zero-order valence-corrected chi connectivity index (χ0v) is 16.1. The summed E-state index contributed by atoms with van der Waals surface area (Å²) in [7, 11) is 0. The van der Waals surface area contributed by atoms with E-state index in [1.54, 1.807) is 28.8 Å². The van der Waals surface area contributed by atoms with E-state index in [4.69, 9.17) is 10.1 Å². The van der Waals surface area contributed by atoms with E-state index in [0.717, 1.165) is 33.5 Å². The summed E-state index contributed by atoms with van der Waals surface area (Å²) in [6.07, 6.45) is 2.70. The molecular weight excluding hydrogens is 384 g/mol. The van der Waals surface area contributed by atoms with Gasteiger partial charge in [-0.1, -0.05) is 42.5 Å². The molecule has 2 aromatic carbocycles. The van der Waals surface area contributed by atoms with Crippen molar-refractivity contribution in [3.63, 3.8) is 0 Å². The van der Waals surface area contributed by atoms with Gasteiger partial charge >= 0.3 is 5.97 Å². The predicted molar refractivity (Wildman–Crippen MR) is 115 cm³/mol. The van der Waals surface area contributed by atoms with Gasteiger partial charge in [-0.05, 0) is 41.3 Å². The first-order chi connectivity index (χ1) is 14.1. The molecule has 0 aliphatic carbocycles. The van der Waals surface area contributed by atoms with Crippen molar-refractivity contribution in [3.8, 4) is 11.1 Å². The lowest BCUT2D eigenvalue weighted by Gasteiger charge is -2.05. The summed E-state index contributed by atoms with van der Waals surface area (Å²) < 4.78 is 1.75. The van der Waals surface area contributed by atoms with Crippen LogP contribution in [0.4, 0.5) is 0 Å². The molecule has 0 amide bonds. The summed E-state index contributed by atoms with van der Waals surface area (Å²) in [5, 5.41) is 11.7. The van der Waals surface area contributed by atoms with Crippen molar-refractivity contribution < 1.29 is 9.90 Å². The summed E-state index contributed by atoms with van der Waals surface area (Å²) in [6, 6.07) is 16.6. The molecule has 0 saturated heterocycles. The number of benzene rings is 2. The second-order valence-electron chi connectivity index (χ2n) is 6.93. The second kappa shape index (κ2) is 6.83. The van der Waals surface area contributed by atoms with Gasteiger partial charge in [0, 0.05) is 17.5 Å². The van der Waals surface area contributed by atoms with Crippen LogP contribution < -0.4 is 5.56 Å². The summed E-state index contributed by atoms with van der Waals surface area (Å²) in [6.45, 7) is 0.597. The van der Waals surface area contributed by atoms with Crippen LogP contribution in [0.15, 0.2) is 64.8 Å². The van der Waals surface area contributed by atoms with Crippen molar-refractivity contribution in [3.05, 3.63) is 87.3 Å². The monoisotopic (exact) mass is 400 g/mol. The van der Waals surface area contributed by atoms with E-state index < -0.39 is 5.97 Å². The van der Waals surface area contributed by atoms with Gasteiger partial charge in [0.05, 0.1) is 10.9 Å². The second-order valence-corrected chi connectivity index (χ2v) is 7.79. The molecule has 0 bridgehead atoms. The first kappa shape index (κ1) is 17.6. The Morgan fingerprint density at radius 1 is 1.10 bits per heavy atom. The fourth-order valence-electron chi connectivity index (χ4n) is 3.71. The maximum absolute atomic E-state index is 13.2. The van der Waals surface area contributed by atoms with E-state index in [-0.39, 0.29) is 11.1 Å². The number of allylic oxidation sites excluding steroid dienone is 1. The fraction of sp³-hybridized carbons (Fsp3) is 0.0870. The highest BCUT2D eigenvalue weighted by molar-refractivity contribution is 7.17. The molecule has 0 saturated carbocycles. The van der Waals surface area contributed by atoms with Gasteiger partial charge in [-0.2, -0.15) is 0 Å². The van der Waals surface area contributed by atoms with Crippen molar-refractivity contribution in [2.45, 2.75) is 13.0 Å². The highest BCUT2D eigenvalue weighted by Crippen LogP contribution is 2.34. The molecule has 142 valence electrons. The van der Waals surface area contributed by atoms with Crippen LogP contribution in [0, 0.1) is 0 Å². The van der Waals surface area contributed by atoms with Gasteiger partial charge in [0.2, 0.25) is 0 Å². The molecule has 0 fully saturated rings. The lowest BCUT2D eigenvalue weighted by molar-refractivity contribution is 0.0697. The Labute approximate surface area is 170 Å². The molecular formula is C23H16N2O3S. The Hall–Kier alpha value is -3.51. The normalized spacial score (nSPS) is 14.4. The van der Waals surface area contributed by atoms with E-state index in [0.29, 0.717) is 17.8 Å². The van der Waals surface area contributed by atoms with E-state index >= 15 is 0 Å². The third kappa shape index (κ3) is 2.98. The van der Waals surface area contributed by atoms with Crippen LogP contribution in [-0.4, -0.2) is 20.6 Å². The minimum absolute atomic E-state index is 0.00488. The summed E-state index contributed by atoms with van der Waals surface area (Å²) in [5.74, 6) is -0.246. The van der Waals surface area contributed by atoms with Gasteiger partial charge in [0.15, 0.2) is 0 Å². The van der Waals surface area contributed by atoms with Crippen LogP contribution in [0.3, 0.4) is 0 Å². The number of hydrogen-bond acceptors (Lipinski definition) is 4. The molecule has 5 nitrogen and oxygen atoms in total. The predicted octanol–water partition coefficient (Wildman–Crippen LogP) is 4.77. The Bertz CT molecular complexity index is 1330. The summed E-state index contributed by atoms with van der Waals surface area (Å²) in [5.41, 5.74) is 4.08. The lowest BCUT2D eigenvalue weighted by Crippen LogP contribution is -2.20. The number of hydrogen-bond donors (Lipinski definition) is 1. The molecule has 0 radical (unpaired) electrons. The van der Waals surface area contributed by atoms with E-state index in [1.807, 2.05) is 41.8 Å². The molecule has 0 atom stereocenters. The SMILES string of the molecule is O=C(O)c1ccc(C=C2CCn3c2nc2scc(-c4ccccc4)c2c3=O)cc1. The zero-order chi connectivity index (χ0) is 20.0. The maximum Gasteiger partial charge on any atom is 0.335 e. The van der Waals surface area contributed by atoms with Crippen molar-refractivity contribution in [1.29, 1.82) is 0 Å². The van der Waals surface area contributed by atoms with Crippen LogP contribution in [0.5, 0.6) is 0 Å². The number of rotatable bonds is 3. The maximum atomic E-state index is 13.2. The van der Waals surface area contributed by atoms with E-state index in [2.05, 4.69) is 0 Å². The molecule has 1 aliphatic rings. The first-order valence-corrected chi connectivity index (χ1v) is 10.1. The molecule has 29 heavy (non-hydrogen) atoms. The zero-order valence-electron chi connectivity index (χ0n) is 15.3. The molecule has 5 rings (SSSR count). The summed E-state index contributed by atoms with van der Waals surface area (Å²) >= 11 is 1.49. The first-order valence-electron chi connectivity index (χ1n) is 9.23. The van der Waals surface area contributed by atoms with Gasteiger partial charge < -0.3 is 5.11 Å². The van der Waals surface area contributed by atoms with Crippen LogP contribution in [0.2, 0.25) is 0 Å². The average molecular weight is 400 g/mol. The molecule has 1 aliphatic heterocycles. The standard InChI is InChI=1S/C23H16N2O3S/c26-22-19-18(15-4-2-1-3-5-15)13-29-21(19)24-20-17(10-11-25(20)22)12-14-6-8-16(9-7-14)23(27)28/h1-9,12-13H,10-11H2,(H,27,28). The van der Waals surface area contributed by atoms with Gasteiger partial charge in [-0.3, -0.25) is 9.36 Å². The van der Waals surface area contributed by atoms with Gasteiger partial charge in [-0.25, -0.2) is 9.78 Å². The third-order valence-electron chi connectivity index (χ3n) is 5.17. The topological polar surface area (TPSA) is 72.2 Å². The fourth-order valence-corrected chi connectivity index (χ4v) is 4.65. The smallest absolute Gasteiger partial charge is 0.335 e. The highest BCUT2D eigenvalue weighted by Gasteiger charge is 2.23. The molecule has 1 N–H and O–H groups in total. The van der Waals surface area contributed by atoms with Crippen molar-refractivity contribution in [2.75, 3.05) is 0 Å². The summed E-state index contributed by atoms with van der Waals surface area (Å²) in [4.78, 5) is 29.8. The largest absolute Gasteiger partial charge is 0.478 e. The average Bonchev–Trinajstić information content (AvgIpc) is 3.34. The number of carbonyl (C=O) groups is 1. The molecule has 4 aromatic rings. The van der Waals surface area contributed by atoms with Crippen LogP contribution in [0.1, 0.15) is 28.2 Å². The van der Waals surface area contributed by atoms with Crippen LogP contribution >= 0.6 is 11.3 Å². The highest BCUT2D eigenvalue weighted by atomic mass is 32.1. The third-order valence-corrected chi connectivity index (χ3v) is 6.04. The Morgan fingerprint density at radius 3 is 2.59 bits per heavy atom. The quantitative estimate of drug-likeness (QED) is 0.538. The van der Waals surface area contributed by atoms with Crippen LogP contribution in [-0.2, 0) is 6.54 Å². The Morgan fingerprint density at radius 2 is 1.86 bits per heavy atom. The molecule has 0 unspecified atom stereocenters. The number of carboxylic acid groups (broad SMARTS) is 1. The Balaban J connectivity index is 1.61. The van der Waals surface area contributed by atoms with Gasteiger partial charge in [0.25, 0.3) is 5.56 Å². The number of nitrogens with zero attached hydrogens (tertiary/aromatic N) is 2. The number of thiophene rings is 1. The number of aromatic nitrogens is 2. The van der Waals surface area contributed by atoms with Crippen LogP contribution in [0.25, 0.3) is 33.0 Å². The number of carboxylic acids is 1.